The third-order valence-electron chi connectivity index (χ3n) is 8.73. The molecule has 0 aliphatic heterocycles. The molecule has 0 spiro atoms. The zero-order chi connectivity index (χ0) is 32.0. The lowest BCUT2D eigenvalue weighted by atomic mass is 9.95. The van der Waals surface area contributed by atoms with Crippen LogP contribution < -0.4 is 10.1 Å². The SMILES string of the molecule is CC(C(=O)NC1CCCCC1)N(CCCc1ccccc1)C(Cc1cccc(O)c1)=NCc1ccc(OCc2ccccc2)cc1. The molecular weight excluding hydrogens is 570 g/mol. The number of rotatable bonds is 14. The molecule has 0 heterocycles. The van der Waals surface area contributed by atoms with Crippen molar-refractivity contribution in [1.82, 2.24) is 10.2 Å². The molecule has 1 aliphatic rings. The van der Waals surface area contributed by atoms with E-state index in [1.807, 2.05) is 55.5 Å². The van der Waals surface area contributed by atoms with Gasteiger partial charge in [0, 0.05) is 19.0 Å². The van der Waals surface area contributed by atoms with Crippen molar-refractivity contribution in [2.24, 2.45) is 4.99 Å². The summed E-state index contributed by atoms with van der Waals surface area (Å²) in [7, 11) is 0. The summed E-state index contributed by atoms with van der Waals surface area (Å²) in [5, 5.41) is 13.6. The molecular formula is C40H47N3O3. The van der Waals surface area contributed by atoms with Crippen LogP contribution in [0.2, 0.25) is 0 Å². The number of carbonyl (C=O) groups is 1. The first-order chi connectivity index (χ1) is 22.5. The summed E-state index contributed by atoms with van der Waals surface area (Å²) in [6.07, 6.45) is 7.98. The van der Waals surface area contributed by atoms with Gasteiger partial charge in [-0.3, -0.25) is 9.79 Å². The van der Waals surface area contributed by atoms with Gasteiger partial charge in [-0.2, -0.15) is 0 Å². The van der Waals surface area contributed by atoms with Crippen LogP contribution in [0.15, 0.2) is 114 Å². The van der Waals surface area contributed by atoms with Crippen LogP contribution in [0, 0.1) is 0 Å². The van der Waals surface area contributed by atoms with Crippen molar-refractivity contribution in [2.75, 3.05) is 6.54 Å². The minimum absolute atomic E-state index is 0.0511. The molecule has 4 aromatic carbocycles. The minimum Gasteiger partial charge on any atom is -0.508 e. The number of ether oxygens (including phenoxy) is 1. The number of hydrogen-bond donors (Lipinski definition) is 2. The van der Waals surface area contributed by atoms with Gasteiger partial charge in [0.1, 0.15) is 30.0 Å². The maximum absolute atomic E-state index is 13.7. The predicted octanol–water partition coefficient (Wildman–Crippen LogP) is 7.88. The number of amidine groups is 1. The highest BCUT2D eigenvalue weighted by Crippen LogP contribution is 2.20. The molecule has 2 N–H and O–H groups in total. The second-order valence-corrected chi connectivity index (χ2v) is 12.3. The number of hydrogen-bond acceptors (Lipinski definition) is 4. The fourth-order valence-electron chi connectivity index (χ4n) is 6.07. The van der Waals surface area contributed by atoms with Crippen molar-refractivity contribution in [3.8, 4) is 11.5 Å². The molecule has 4 aromatic rings. The van der Waals surface area contributed by atoms with E-state index < -0.39 is 0 Å². The van der Waals surface area contributed by atoms with E-state index in [2.05, 4.69) is 58.7 Å². The Bertz CT molecular complexity index is 1520. The van der Waals surface area contributed by atoms with E-state index >= 15 is 0 Å². The summed E-state index contributed by atoms with van der Waals surface area (Å²) in [6.45, 7) is 3.68. The normalized spacial score (nSPS) is 14.4. The van der Waals surface area contributed by atoms with Crippen molar-refractivity contribution in [1.29, 1.82) is 0 Å². The van der Waals surface area contributed by atoms with E-state index in [9.17, 15) is 9.90 Å². The van der Waals surface area contributed by atoms with Crippen LogP contribution in [-0.2, 0) is 30.8 Å². The molecule has 1 amide bonds. The number of phenolic OH excluding ortho intramolecular Hbond substituents is 1. The minimum atomic E-state index is -0.387. The third-order valence-corrected chi connectivity index (χ3v) is 8.73. The highest BCUT2D eigenvalue weighted by Gasteiger charge is 2.27. The molecule has 1 unspecified atom stereocenters. The van der Waals surface area contributed by atoms with Crippen molar-refractivity contribution in [2.45, 2.75) is 83.5 Å². The van der Waals surface area contributed by atoms with Gasteiger partial charge < -0.3 is 20.1 Å². The highest BCUT2D eigenvalue weighted by atomic mass is 16.5. The number of benzene rings is 4. The zero-order valence-electron chi connectivity index (χ0n) is 27.0. The molecule has 1 saturated carbocycles. The molecule has 0 saturated heterocycles. The number of nitrogens with zero attached hydrogens (tertiary/aromatic N) is 2. The van der Waals surface area contributed by atoms with Crippen LogP contribution in [-0.4, -0.2) is 40.4 Å². The van der Waals surface area contributed by atoms with Crippen molar-refractivity contribution >= 4 is 11.7 Å². The molecule has 6 heteroatoms. The van der Waals surface area contributed by atoms with Crippen LogP contribution in [0.5, 0.6) is 11.5 Å². The van der Waals surface area contributed by atoms with Gasteiger partial charge in [-0.1, -0.05) is 104 Å². The maximum Gasteiger partial charge on any atom is 0.242 e. The molecule has 1 aliphatic carbocycles. The molecule has 1 atom stereocenters. The van der Waals surface area contributed by atoms with Gasteiger partial charge in [-0.25, -0.2) is 0 Å². The van der Waals surface area contributed by atoms with Gasteiger partial charge in [0.05, 0.1) is 6.54 Å². The number of aromatic hydroxyl groups is 1. The standard InChI is InChI=1S/C40H47N3O3/c1-31(40(45)42-36-19-9-4-10-20-36)43(26-12-18-32-13-5-2-6-14-32)39(28-35-17-11-21-37(44)27-35)41-29-33-22-24-38(25-23-33)46-30-34-15-7-3-8-16-34/h2-3,5-8,11,13-17,21-25,27,31,36,44H,4,9-10,12,18-20,26,28-30H2,1H3,(H,42,45). The monoisotopic (exact) mass is 617 g/mol. The fourth-order valence-corrected chi connectivity index (χ4v) is 6.07. The van der Waals surface area contributed by atoms with Crippen LogP contribution >= 0.6 is 0 Å². The Kier molecular flexibility index (Phi) is 12.3. The molecule has 6 nitrogen and oxygen atoms in total. The Morgan fingerprint density at radius 1 is 0.848 bits per heavy atom. The first kappa shape index (κ1) is 32.8. The lowest BCUT2D eigenvalue weighted by molar-refractivity contribution is -0.125. The largest absolute Gasteiger partial charge is 0.508 e. The third kappa shape index (κ3) is 10.2. The molecule has 5 rings (SSSR count). The summed E-state index contributed by atoms with van der Waals surface area (Å²) < 4.78 is 5.99. The Morgan fingerprint density at radius 3 is 2.22 bits per heavy atom. The van der Waals surface area contributed by atoms with Crippen LogP contribution in [0.3, 0.4) is 0 Å². The topological polar surface area (TPSA) is 74.2 Å². The van der Waals surface area contributed by atoms with Crippen molar-refractivity contribution < 1.29 is 14.6 Å². The van der Waals surface area contributed by atoms with E-state index in [1.54, 1.807) is 12.1 Å². The maximum atomic E-state index is 13.7. The summed E-state index contributed by atoms with van der Waals surface area (Å²) in [6, 6.07) is 35.9. The Morgan fingerprint density at radius 2 is 1.52 bits per heavy atom. The van der Waals surface area contributed by atoms with Crippen molar-refractivity contribution in [3.05, 3.63) is 131 Å². The van der Waals surface area contributed by atoms with Gasteiger partial charge in [0.2, 0.25) is 5.91 Å². The number of aliphatic imine (C=N–C) groups is 1. The second kappa shape index (κ2) is 17.2. The van der Waals surface area contributed by atoms with Gasteiger partial charge in [0.25, 0.3) is 0 Å². The lowest BCUT2D eigenvalue weighted by Gasteiger charge is -2.33. The Labute approximate surface area is 274 Å². The molecule has 240 valence electrons. The highest BCUT2D eigenvalue weighted by molar-refractivity contribution is 5.91. The van der Waals surface area contributed by atoms with Crippen LogP contribution in [0.1, 0.15) is 67.7 Å². The van der Waals surface area contributed by atoms with E-state index in [1.165, 1.54) is 24.8 Å². The second-order valence-electron chi connectivity index (χ2n) is 12.3. The van der Waals surface area contributed by atoms with Gasteiger partial charge in [-0.05, 0) is 79.1 Å². The van der Waals surface area contributed by atoms with Gasteiger partial charge in [0.15, 0.2) is 0 Å². The van der Waals surface area contributed by atoms with Gasteiger partial charge >= 0.3 is 0 Å². The first-order valence-electron chi connectivity index (χ1n) is 16.7. The number of carbonyl (C=O) groups excluding carboxylic acids is 1. The van der Waals surface area contributed by atoms with E-state index in [0.717, 1.165) is 54.0 Å². The zero-order valence-corrected chi connectivity index (χ0v) is 27.0. The molecule has 46 heavy (non-hydrogen) atoms. The van der Waals surface area contributed by atoms with Crippen LogP contribution in [0.4, 0.5) is 0 Å². The van der Waals surface area contributed by atoms with E-state index in [-0.39, 0.29) is 23.7 Å². The first-order valence-corrected chi connectivity index (χ1v) is 16.7. The Balaban J connectivity index is 1.35. The Hall–Kier alpha value is -4.58. The average molecular weight is 618 g/mol. The number of phenols is 1. The number of aryl methyl sites for hydroxylation is 1. The summed E-state index contributed by atoms with van der Waals surface area (Å²) in [4.78, 5) is 21.1. The molecule has 1 fully saturated rings. The van der Waals surface area contributed by atoms with Crippen molar-refractivity contribution in [3.63, 3.8) is 0 Å². The molecule has 0 radical (unpaired) electrons. The average Bonchev–Trinajstić information content (AvgIpc) is 3.09. The van der Waals surface area contributed by atoms with Crippen LogP contribution in [0.25, 0.3) is 0 Å². The van der Waals surface area contributed by atoms with E-state index in [4.69, 9.17) is 9.73 Å². The molecule has 0 aromatic heterocycles. The van der Waals surface area contributed by atoms with E-state index in [0.29, 0.717) is 26.1 Å². The lowest BCUT2D eigenvalue weighted by Crippen LogP contribution is -2.51. The van der Waals surface area contributed by atoms with Gasteiger partial charge in [-0.15, -0.1) is 0 Å². The quantitative estimate of drug-likeness (QED) is 0.112. The summed E-state index contributed by atoms with van der Waals surface area (Å²) >= 11 is 0. The summed E-state index contributed by atoms with van der Waals surface area (Å²) in [5.74, 6) is 1.93. The predicted molar refractivity (Wildman–Crippen MR) is 186 cm³/mol. The fraction of sp³-hybridized carbons (Fsp3) is 0.350. The molecule has 0 bridgehead atoms. The summed E-state index contributed by atoms with van der Waals surface area (Å²) in [5.41, 5.74) is 4.42. The number of amides is 1. The smallest absolute Gasteiger partial charge is 0.242 e. The number of nitrogens with one attached hydrogen (secondary N) is 1.